The second-order valence-corrected chi connectivity index (χ2v) is 7.34. The third kappa shape index (κ3) is 3.77. The van der Waals surface area contributed by atoms with Crippen LogP contribution in [0.3, 0.4) is 0 Å². The Morgan fingerprint density at radius 1 is 1.42 bits per heavy atom. The Labute approximate surface area is 151 Å². The van der Waals surface area contributed by atoms with Crippen molar-refractivity contribution in [1.29, 1.82) is 0 Å². The van der Waals surface area contributed by atoms with Crippen LogP contribution in [0, 0.1) is 0 Å². The Hall–Kier alpha value is -1.08. The van der Waals surface area contributed by atoms with Crippen molar-refractivity contribution in [2.45, 2.75) is 43.7 Å². The fourth-order valence-corrected chi connectivity index (χ4v) is 4.09. The Morgan fingerprint density at radius 2 is 2.17 bits per heavy atom. The molecule has 1 heterocycles. The average Bonchev–Trinajstić information content (AvgIpc) is 3.04. The van der Waals surface area contributed by atoms with E-state index in [0.717, 1.165) is 18.6 Å². The topological polar surface area (TPSA) is 60.2 Å². The number of hydrogen-bond donors (Lipinski definition) is 1. The molecule has 4 unspecified atom stereocenters. The van der Waals surface area contributed by atoms with Crippen molar-refractivity contribution in [3.05, 3.63) is 35.1 Å². The number of nitrogens with zero attached hydrogens (tertiary/aromatic N) is 2. The van der Waals surface area contributed by atoms with E-state index in [1.807, 2.05) is 43.0 Å². The lowest BCUT2D eigenvalue weighted by Crippen LogP contribution is -2.57. The summed E-state index contributed by atoms with van der Waals surface area (Å²) in [5, 5.41) is 8.86. The predicted molar refractivity (Wildman–Crippen MR) is 97.4 cm³/mol. The lowest BCUT2D eigenvalue weighted by atomic mass is 9.87. The minimum Gasteiger partial charge on any atom is -0.377 e. The molecular formula is C17H22ClN3O2S. The number of benzene rings is 1. The van der Waals surface area contributed by atoms with Crippen LogP contribution in [0.5, 0.6) is 0 Å². The molecule has 3 rings (SSSR count). The number of nitrogens with one attached hydrogen (secondary N) is 1. The monoisotopic (exact) mass is 367 g/mol. The molecule has 7 heteroatoms. The van der Waals surface area contributed by atoms with E-state index < -0.39 is 0 Å². The minimum atomic E-state index is 0.0250. The highest BCUT2D eigenvalue weighted by Crippen LogP contribution is 2.34. The van der Waals surface area contributed by atoms with E-state index in [-0.39, 0.29) is 6.04 Å². The first-order chi connectivity index (χ1) is 11.6. The number of aromatic nitrogens is 2. The van der Waals surface area contributed by atoms with Crippen LogP contribution in [0.4, 0.5) is 0 Å². The van der Waals surface area contributed by atoms with Crippen LogP contribution >= 0.6 is 23.4 Å². The van der Waals surface area contributed by atoms with Crippen molar-refractivity contribution in [1.82, 2.24) is 15.5 Å². The van der Waals surface area contributed by atoms with Gasteiger partial charge in [0, 0.05) is 28.5 Å². The average molecular weight is 368 g/mol. The fraction of sp³-hybridized carbons (Fsp3) is 0.529. The predicted octanol–water partition coefficient (Wildman–Crippen LogP) is 3.95. The summed E-state index contributed by atoms with van der Waals surface area (Å²) in [6.07, 6.45) is 3.48. The van der Waals surface area contributed by atoms with Crippen LogP contribution < -0.4 is 5.32 Å². The number of hydrogen-bond acceptors (Lipinski definition) is 6. The van der Waals surface area contributed by atoms with Gasteiger partial charge in [0.2, 0.25) is 0 Å². The number of thioether (sulfide) groups is 1. The summed E-state index contributed by atoms with van der Waals surface area (Å²) in [7, 11) is 0. The zero-order valence-corrected chi connectivity index (χ0v) is 15.6. The summed E-state index contributed by atoms with van der Waals surface area (Å²) in [5.74, 6) is 1.18. The number of halogens is 1. The van der Waals surface area contributed by atoms with Gasteiger partial charge in [-0.05, 0) is 50.8 Å². The minimum absolute atomic E-state index is 0.0250. The van der Waals surface area contributed by atoms with E-state index in [0.29, 0.717) is 34.1 Å². The van der Waals surface area contributed by atoms with Gasteiger partial charge in [0.15, 0.2) is 5.82 Å². The smallest absolute Gasteiger partial charge is 0.257 e. The van der Waals surface area contributed by atoms with Crippen molar-refractivity contribution in [2.75, 3.05) is 12.9 Å². The first kappa shape index (κ1) is 17.7. The molecule has 0 bridgehead atoms. The summed E-state index contributed by atoms with van der Waals surface area (Å²) in [4.78, 5) is 4.51. The van der Waals surface area contributed by atoms with Crippen LogP contribution in [0.25, 0.3) is 11.5 Å². The summed E-state index contributed by atoms with van der Waals surface area (Å²) < 4.78 is 11.1. The van der Waals surface area contributed by atoms with Crippen molar-refractivity contribution in [3.8, 4) is 11.5 Å². The summed E-state index contributed by atoms with van der Waals surface area (Å²) in [5.41, 5.74) is 0.868. The second-order valence-electron chi connectivity index (χ2n) is 5.89. The maximum Gasteiger partial charge on any atom is 0.257 e. The van der Waals surface area contributed by atoms with Gasteiger partial charge in [-0.25, -0.2) is 0 Å². The molecule has 0 saturated heterocycles. The molecule has 1 aliphatic rings. The first-order valence-electron chi connectivity index (χ1n) is 8.12. The molecule has 1 aromatic carbocycles. The zero-order valence-electron chi connectivity index (χ0n) is 14.0. The molecule has 24 heavy (non-hydrogen) atoms. The van der Waals surface area contributed by atoms with E-state index >= 15 is 0 Å². The molecular weight excluding hydrogens is 346 g/mol. The summed E-state index contributed by atoms with van der Waals surface area (Å²) in [6.45, 7) is 4.86. The molecule has 5 nitrogen and oxygen atoms in total. The Morgan fingerprint density at radius 3 is 2.83 bits per heavy atom. The van der Waals surface area contributed by atoms with Gasteiger partial charge < -0.3 is 14.6 Å². The van der Waals surface area contributed by atoms with Crippen molar-refractivity contribution in [3.63, 3.8) is 0 Å². The van der Waals surface area contributed by atoms with Crippen molar-refractivity contribution >= 4 is 23.4 Å². The van der Waals surface area contributed by atoms with Crippen LogP contribution in [0.15, 0.2) is 28.8 Å². The quantitative estimate of drug-likeness (QED) is 0.799. The van der Waals surface area contributed by atoms with Gasteiger partial charge in [0.25, 0.3) is 5.89 Å². The highest BCUT2D eigenvalue weighted by Gasteiger charge is 2.42. The van der Waals surface area contributed by atoms with Crippen LogP contribution in [0.2, 0.25) is 5.02 Å². The fourth-order valence-electron chi connectivity index (χ4n) is 2.95. The molecule has 1 aromatic heterocycles. The van der Waals surface area contributed by atoms with E-state index in [9.17, 15) is 0 Å². The maximum absolute atomic E-state index is 5.91. The molecule has 1 saturated carbocycles. The highest BCUT2D eigenvalue weighted by atomic mass is 35.5. The zero-order chi connectivity index (χ0) is 17.1. The summed E-state index contributed by atoms with van der Waals surface area (Å²) >= 11 is 7.75. The van der Waals surface area contributed by atoms with Gasteiger partial charge in [0.05, 0.1) is 12.1 Å². The first-order valence-corrected chi connectivity index (χ1v) is 9.79. The molecule has 1 N–H and O–H groups in total. The van der Waals surface area contributed by atoms with Gasteiger partial charge in [-0.1, -0.05) is 16.8 Å². The van der Waals surface area contributed by atoms with Gasteiger partial charge in [0.1, 0.15) is 0 Å². The number of rotatable bonds is 7. The highest BCUT2D eigenvalue weighted by molar-refractivity contribution is 7.99. The third-order valence-corrected chi connectivity index (χ3v) is 5.71. The largest absolute Gasteiger partial charge is 0.377 e. The van der Waals surface area contributed by atoms with Gasteiger partial charge in [-0.2, -0.15) is 16.7 Å². The van der Waals surface area contributed by atoms with E-state index in [4.69, 9.17) is 20.9 Å². The Balaban J connectivity index is 1.62. The second kappa shape index (κ2) is 7.87. The van der Waals surface area contributed by atoms with Crippen molar-refractivity contribution in [2.24, 2.45) is 0 Å². The van der Waals surface area contributed by atoms with Crippen molar-refractivity contribution < 1.29 is 9.26 Å². The molecule has 0 amide bonds. The molecule has 2 aromatic rings. The van der Waals surface area contributed by atoms with Crippen LogP contribution in [-0.2, 0) is 4.74 Å². The molecule has 0 aliphatic heterocycles. The Kier molecular flexibility index (Phi) is 5.81. The van der Waals surface area contributed by atoms with E-state index in [1.54, 1.807) is 0 Å². The molecule has 1 aliphatic carbocycles. The molecule has 4 atom stereocenters. The van der Waals surface area contributed by atoms with Gasteiger partial charge in [-0.15, -0.1) is 0 Å². The van der Waals surface area contributed by atoms with Crippen LogP contribution in [-0.4, -0.2) is 40.4 Å². The molecule has 0 spiro atoms. The lowest BCUT2D eigenvalue weighted by molar-refractivity contribution is -0.00530. The molecule has 0 radical (unpaired) electrons. The third-order valence-electron chi connectivity index (χ3n) is 4.29. The summed E-state index contributed by atoms with van der Waals surface area (Å²) in [6, 6.07) is 7.81. The van der Waals surface area contributed by atoms with Crippen LogP contribution in [0.1, 0.15) is 32.1 Å². The maximum atomic E-state index is 5.91. The Bertz CT molecular complexity index is 664. The van der Waals surface area contributed by atoms with E-state index in [2.05, 4.69) is 28.6 Å². The SMILES string of the molecule is CCOC1CC(NC(C)c2noc(-c3ccc(Cl)cc3)n2)C1SC. The molecule has 1 fully saturated rings. The number of ether oxygens (including phenoxy) is 1. The van der Waals surface area contributed by atoms with Gasteiger partial charge >= 0.3 is 0 Å². The molecule has 130 valence electrons. The standard InChI is InChI=1S/C17H22ClN3O2S/c1-4-22-14-9-13(15(14)24-3)19-10(2)16-20-17(23-21-16)11-5-7-12(18)8-6-11/h5-8,10,13-15,19H,4,9H2,1-3H3. The van der Waals surface area contributed by atoms with E-state index in [1.165, 1.54) is 0 Å². The van der Waals surface area contributed by atoms with Gasteiger partial charge in [-0.3, -0.25) is 0 Å². The lowest BCUT2D eigenvalue weighted by Gasteiger charge is -2.44. The normalized spacial score (nSPS) is 24.6.